The summed E-state index contributed by atoms with van der Waals surface area (Å²) in [7, 11) is 0. The van der Waals surface area contributed by atoms with Crippen molar-refractivity contribution in [3.05, 3.63) is 106 Å². The van der Waals surface area contributed by atoms with Crippen LogP contribution in [-0.2, 0) is 0 Å². The zero-order chi connectivity index (χ0) is 18.4. The Balaban J connectivity index is 1.91. The summed E-state index contributed by atoms with van der Waals surface area (Å²) in [4.78, 5) is 9.52. The van der Waals surface area contributed by atoms with Gasteiger partial charge in [-0.05, 0) is 37.5 Å². The third-order valence-electron chi connectivity index (χ3n) is 4.15. The monoisotopic (exact) mass is 340 g/mol. The van der Waals surface area contributed by atoms with E-state index in [1.807, 2.05) is 24.6 Å². The van der Waals surface area contributed by atoms with Gasteiger partial charge in [-0.3, -0.25) is 9.98 Å². The lowest BCUT2D eigenvalue weighted by atomic mass is 10.1. The van der Waals surface area contributed by atoms with E-state index in [4.69, 9.17) is 9.98 Å². The number of rotatable bonds is 5. The van der Waals surface area contributed by atoms with Crippen LogP contribution in [0.5, 0.6) is 0 Å². The van der Waals surface area contributed by atoms with E-state index >= 15 is 0 Å². The number of aliphatic imine (C=N–C) groups is 2. The molecule has 0 aliphatic carbocycles. The van der Waals surface area contributed by atoms with Gasteiger partial charge in [-0.15, -0.1) is 0 Å². The fourth-order valence-electron chi connectivity index (χ4n) is 2.86. The van der Waals surface area contributed by atoms with E-state index in [1.165, 1.54) is 16.7 Å². The zero-order valence-corrected chi connectivity index (χ0v) is 15.6. The summed E-state index contributed by atoms with van der Waals surface area (Å²) < 4.78 is 0. The molecule has 0 fully saturated rings. The molecule has 0 atom stereocenters. The van der Waals surface area contributed by atoms with Crippen LogP contribution in [0.3, 0.4) is 0 Å². The topological polar surface area (TPSA) is 24.7 Å². The highest BCUT2D eigenvalue weighted by Crippen LogP contribution is 2.20. The minimum atomic E-state index is -0.254. The summed E-state index contributed by atoms with van der Waals surface area (Å²) in [6.07, 6.45) is 3.57. The molecular formula is C24H24N2. The van der Waals surface area contributed by atoms with Gasteiger partial charge < -0.3 is 0 Å². The molecule has 0 N–H and O–H groups in total. The second kappa shape index (κ2) is 8.39. The van der Waals surface area contributed by atoms with Gasteiger partial charge in [0.05, 0.1) is 0 Å². The van der Waals surface area contributed by atoms with Crippen molar-refractivity contribution in [1.82, 2.24) is 0 Å². The maximum absolute atomic E-state index is 4.76. The van der Waals surface area contributed by atoms with Crippen molar-refractivity contribution in [2.24, 2.45) is 9.98 Å². The molecule has 2 heteroatoms. The number of benzene rings is 3. The third-order valence-corrected chi connectivity index (χ3v) is 4.15. The van der Waals surface area contributed by atoms with Crippen molar-refractivity contribution < 1.29 is 0 Å². The molecule has 0 aliphatic rings. The van der Waals surface area contributed by atoms with Crippen LogP contribution in [0.15, 0.2) is 82.8 Å². The van der Waals surface area contributed by atoms with Crippen LogP contribution in [0.4, 0.5) is 0 Å². The SMILES string of the molecule is Cc1cccc(/C=N/C(/N=C/c2cccc(C)c2)c2cccc(C)c2)c1. The normalized spacial score (nSPS) is 11.7. The van der Waals surface area contributed by atoms with Gasteiger partial charge in [0.15, 0.2) is 6.17 Å². The van der Waals surface area contributed by atoms with Crippen molar-refractivity contribution >= 4 is 12.4 Å². The highest BCUT2D eigenvalue weighted by atomic mass is 15.0. The Hall–Kier alpha value is -3.00. The molecule has 2 nitrogen and oxygen atoms in total. The van der Waals surface area contributed by atoms with Crippen LogP contribution in [0.1, 0.15) is 39.5 Å². The molecule has 3 aromatic carbocycles. The predicted octanol–water partition coefficient (Wildman–Crippen LogP) is 5.85. The van der Waals surface area contributed by atoms with Gasteiger partial charge in [-0.2, -0.15) is 0 Å². The molecule has 0 saturated carbocycles. The van der Waals surface area contributed by atoms with E-state index < -0.39 is 0 Å². The molecule has 130 valence electrons. The second-order valence-corrected chi connectivity index (χ2v) is 6.67. The fraction of sp³-hybridized carbons (Fsp3) is 0.167. The van der Waals surface area contributed by atoms with Gasteiger partial charge in [0, 0.05) is 12.4 Å². The standard InChI is InChI=1S/C24H24N2/c1-18-7-4-10-21(13-18)16-25-24(23-12-6-9-20(3)15-23)26-17-22-11-5-8-19(2)14-22/h4-17,24H,1-3H3/b25-16+,26-17+. The van der Waals surface area contributed by atoms with Crippen molar-refractivity contribution in [3.63, 3.8) is 0 Å². The second-order valence-electron chi connectivity index (χ2n) is 6.67. The van der Waals surface area contributed by atoms with Crippen LogP contribution in [0, 0.1) is 20.8 Å². The smallest absolute Gasteiger partial charge is 0.165 e. The van der Waals surface area contributed by atoms with E-state index in [2.05, 4.69) is 81.4 Å². The quantitative estimate of drug-likeness (QED) is 0.521. The average molecular weight is 340 g/mol. The molecule has 0 heterocycles. The molecule has 0 spiro atoms. The van der Waals surface area contributed by atoms with Crippen molar-refractivity contribution in [1.29, 1.82) is 0 Å². The van der Waals surface area contributed by atoms with Gasteiger partial charge in [0.25, 0.3) is 0 Å². The Morgan fingerprint density at radius 2 is 1.08 bits per heavy atom. The van der Waals surface area contributed by atoms with Crippen molar-refractivity contribution in [2.45, 2.75) is 26.9 Å². The first-order valence-corrected chi connectivity index (χ1v) is 8.86. The van der Waals surface area contributed by atoms with Crippen molar-refractivity contribution in [2.75, 3.05) is 0 Å². The minimum Gasteiger partial charge on any atom is -0.261 e. The lowest BCUT2D eigenvalue weighted by molar-refractivity contribution is 0.786. The Morgan fingerprint density at radius 3 is 1.54 bits per heavy atom. The third kappa shape index (κ3) is 5.00. The molecule has 0 bridgehead atoms. The molecule has 26 heavy (non-hydrogen) atoms. The molecular weight excluding hydrogens is 316 g/mol. The first-order chi connectivity index (χ1) is 12.6. The molecule has 0 amide bonds. The van der Waals surface area contributed by atoms with Crippen LogP contribution in [0.25, 0.3) is 0 Å². The molecule has 3 aromatic rings. The van der Waals surface area contributed by atoms with E-state index in [0.717, 1.165) is 16.7 Å². The van der Waals surface area contributed by atoms with Gasteiger partial charge in [-0.25, -0.2) is 0 Å². The maximum atomic E-state index is 4.76. The van der Waals surface area contributed by atoms with E-state index in [0.29, 0.717) is 0 Å². The Morgan fingerprint density at radius 1 is 0.615 bits per heavy atom. The summed E-state index contributed by atoms with van der Waals surface area (Å²) in [5, 5.41) is 0. The molecule has 0 unspecified atom stereocenters. The first kappa shape index (κ1) is 17.8. The van der Waals surface area contributed by atoms with E-state index in [9.17, 15) is 0 Å². The fourth-order valence-corrected chi connectivity index (χ4v) is 2.86. The van der Waals surface area contributed by atoms with Crippen molar-refractivity contribution in [3.8, 4) is 0 Å². The number of nitrogens with zero attached hydrogens (tertiary/aromatic N) is 2. The van der Waals surface area contributed by atoms with Gasteiger partial charge in [0.2, 0.25) is 0 Å². The van der Waals surface area contributed by atoms with Gasteiger partial charge in [0.1, 0.15) is 0 Å². The van der Waals surface area contributed by atoms with Crippen LogP contribution >= 0.6 is 0 Å². The van der Waals surface area contributed by atoms with E-state index in [-0.39, 0.29) is 6.17 Å². The maximum Gasteiger partial charge on any atom is 0.165 e. The molecule has 3 rings (SSSR count). The summed E-state index contributed by atoms with van der Waals surface area (Å²) in [5.41, 5.74) is 6.94. The molecule has 0 radical (unpaired) electrons. The molecule has 0 aromatic heterocycles. The van der Waals surface area contributed by atoms with Gasteiger partial charge in [-0.1, -0.05) is 89.5 Å². The molecule has 0 saturated heterocycles. The molecule has 0 aliphatic heterocycles. The Bertz CT molecular complexity index is 883. The number of hydrogen-bond donors (Lipinski definition) is 0. The van der Waals surface area contributed by atoms with Gasteiger partial charge >= 0.3 is 0 Å². The summed E-state index contributed by atoms with van der Waals surface area (Å²) in [5.74, 6) is 0. The van der Waals surface area contributed by atoms with Crippen LogP contribution in [-0.4, -0.2) is 12.4 Å². The lowest BCUT2D eigenvalue weighted by Crippen LogP contribution is -1.96. The zero-order valence-electron chi connectivity index (χ0n) is 15.6. The van der Waals surface area contributed by atoms with E-state index in [1.54, 1.807) is 0 Å². The first-order valence-electron chi connectivity index (χ1n) is 8.86. The summed E-state index contributed by atoms with van der Waals surface area (Å²) in [6, 6.07) is 25.0. The average Bonchev–Trinajstić information content (AvgIpc) is 2.62. The largest absolute Gasteiger partial charge is 0.261 e. The highest BCUT2D eigenvalue weighted by molar-refractivity contribution is 5.81. The van der Waals surface area contributed by atoms with Crippen LogP contribution in [0.2, 0.25) is 0 Å². The Labute approximate surface area is 156 Å². The predicted molar refractivity (Wildman–Crippen MR) is 111 cm³/mol. The Kier molecular flexibility index (Phi) is 5.75. The lowest BCUT2D eigenvalue weighted by Gasteiger charge is -2.09. The number of aryl methyl sites for hydroxylation is 3. The highest BCUT2D eigenvalue weighted by Gasteiger charge is 2.07. The minimum absolute atomic E-state index is 0.254. The summed E-state index contributed by atoms with van der Waals surface area (Å²) in [6.45, 7) is 6.27. The van der Waals surface area contributed by atoms with Crippen LogP contribution < -0.4 is 0 Å². The summed E-state index contributed by atoms with van der Waals surface area (Å²) >= 11 is 0. The number of hydrogen-bond acceptors (Lipinski definition) is 2.